The topological polar surface area (TPSA) is 0 Å². The maximum atomic E-state index is 6.49. The summed E-state index contributed by atoms with van der Waals surface area (Å²) in [5, 5.41) is 0.303. The Balaban J connectivity index is 2.02. The highest BCUT2D eigenvalue weighted by atomic mass is 35.5. The Morgan fingerprint density at radius 2 is 1.94 bits per heavy atom. The Morgan fingerprint density at radius 1 is 1.31 bits per heavy atom. The predicted molar refractivity (Wildman–Crippen MR) is 71.1 cm³/mol. The summed E-state index contributed by atoms with van der Waals surface area (Å²) in [5.74, 6) is 0.704. The van der Waals surface area contributed by atoms with Crippen molar-refractivity contribution in [1.29, 1.82) is 0 Å². The molecular formula is C15H21Cl. The van der Waals surface area contributed by atoms with E-state index in [0.29, 0.717) is 16.7 Å². The molecule has 0 amide bonds. The fourth-order valence-corrected chi connectivity index (χ4v) is 3.03. The maximum absolute atomic E-state index is 6.49. The summed E-state index contributed by atoms with van der Waals surface area (Å²) < 4.78 is 0. The van der Waals surface area contributed by atoms with E-state index in [-0.39, 0.29) is 0 Å². The van der Waals surface area contributed by atoms with Crippen molar-refractivity contribution < 1.29 is 0 Å². The molecule has 0 aromatic heterocycles. The molecule has 1 aliphatic carbocycles. The molecule has 1 fully saturated rings. The van der Waals surface area contributed by atoms with Crippen LogP contribution in [0.3, 0.4) is 0 Å². The fourth-order valence-electron chi connectivity index (χ4n) is 2.42. The van der Waals surface area contributed by atoms with E-state index in [1.165, 1.54) is 23.1 Å². The highest BCUT2D eigenvalue weighted by Gasteiger charge is 2.49. The number of rotatable bonds is 3. The van der Waals surface area contributed by atoms with Gasteiger partial charge in [0.1, 0.15) is 0 Å². The Bertz CT molecular complexity index is 392. The predicted octanol–water partition coefficient (Wildman–Crippen LogP) is 4.50. The summed E-state index contributed by atoms with van der Waals surface area (Å²) in [6.07, 6.45) is 2.29. The van der Waals surface area contributed by atoms with Crippen LogP contribution in [-0.2, 0) is 6.42 Å². The van der Waals surface area contributed by atoms with Gasteiger partial charge in [-0.25, -0.2) is 0 Å². The van der Waals surface area contributed by atoms with E-state index in [2.05, 4.69) is 45.9 Å². The number of alkyl halides is 1. The van der Waals surface area contributed by atoms with E-state index in [1.54, 1.807) is 0 Å². The van der Waals surface area contributed by atoms with Crippen molar-refractivity contribution in [3.8, 4) is 0 Å². The molecule has 0 aliphatic heterocycles. The molecule has 1 aromatic carbocycles. The third-order valence-corrected chi connectivity index (χ3v) is 4.49. The quantitative estimate of drug-likeness (QED) is 0.678. The van der Waals surface area contributed by atoms with E-state index in [1.807, 2.05) is 0 Å². The van der Waals surface area contributed by atoms with Gasteiger partial charge in [0.25, 0.3) is 0 Å². The smallest absolute Gasteiger partial charge is 0.0409 e. The average molecular weight is 237 g/mol. The molecule has 0 heterocycles. The first-order chi connectivity index (χ1) is 7.40. The summed E-state index contributed by atoms with van der Waals surface area (Å²) in [4.78, 5) is 0. The number of aryl methyl sites for hydroxylation is 2. The van der Waals surface area contributed by atoms with Crippen LogP contribution in [-0.4, -0.2) is 5.38 Å². The van der Waals surface area contributed by atoms with Crippen LogP contribution in [0.25, 0.3) is 0 Å². The van der Waals surface area contributed by atoms with Crippen molar-refractivity contribution in [3.63, 3.8) is 0 Å². The maximum Gasteiger partial charge on any atom is 0.0409 e. The molecule has 0 N–H and O–H groups in total. The van der Waals surface area contributed by atoms with Crippen LogP contribution in [0.2, 0.25) is 0 Å². The van der Waals surface area contributed by atoms with E-state index in [4.69, 9.17) is 11.6 Å². The number of benzene rings is 1. The fraction of sp³-hybridized carbons (Fsp3) is 0.600. The molecule has 2 atom stereocenters. The summed E-state index contributed by atoms with van der Waals surface area (Å²) in [7, 11) is 0. The van der Waals surface area contributed by atoms with Crippen LogP contribution in [0, 0.1) is 25.2 Å². The Kier molecular flexibility index (Phi) is 3.05. The lowest BCUT2D eigenvalue weighted by Crippen LogP contribution is -2.10. The van der Waals surface area contributed by atoms with Crippen molar-refractivity contribution in [2.75, 3.05) is 0 Å². The van der Waals surface area contributed by atoms with Gasteiger partial charge in [-0.1, -0.05) is 32.0 Å². The van der Waals surface area contributed by atoms with Crippen molar-refractivity contribution in [3.05, 3.63) is 34.9 Å². The first-order valence-corrected chi connectivity index (χ1v) is 6.54. The largest absolute Gasteiger partial charge is 0.122 e. The molecule has 0 radical (unpaired) electrons. The van der Waals surface area contributed by atoms with Crippen LogP contribution in [0.1, 0.15) is 37.0 Å². The highest BCUT2D eigenvalue weighted by Crippen LogP contribution is 2.55. The second kappa shape index (κ2) is 4.07. The van der Waals surface area contributed by atoms with Crippen LogP contribution in [0.15, 0.2) is 18.2 Å². The molecule has 0 nitrogen and oxygen atoms in total. The molecule has 0 saturated heterocycles. The zero-order valence-corrected chi connectivity index (χ0v) is 11.4. The first-order valence-electron chi connectivity index (χ1n) is 6.10. The minimum absolute atomic E-state index is 0.303. The lowest BCUT2D eigenvalue weighted by molar-refractivity contribution is 0.538. The van der Waals surface area contributed by atoms with Crippen molar-refractivity contribution >= 4 is 11.6 Å². The zero-order chi connectivity index (χ0) is 11.9. The van der Waals surface area contributed by atoms with Gasteiger partial charge in [0.2, 0.25) is 0 Å². The lowest BCUT2D eigenvalue weighted by Gasteiger charge is -2.12. The van der Waals surface area contributed by atoms with E-state index >= 15 is 0 Å². The monoisotopic (exact) mass is 236 g/mol. The van der Waals surface area contributed by atoms with Gasteiger partial charge in [0.15, 0.2) is 0 Å². The van der Waals surface area contributed by atoms with Gasteiger partial charge in [0, 0.05) is 5.38 Å². The van der Waals surface area contributed by atoms with Crippen molar-refractivity contribution in [2.24, 2.45) is 11.3 Å². The molecule has 0 bridgehead atoms. The normalized spacial score (nSPS) is 24.2. The van der Waals surface area contributed by atoms with Crippen molar-refractivity contribution in [2.45, 2.75) is 45.9 Å². The van der Waals surface area contributed by atoms with Gasteiger partial charge in [0.05, 0.1) is 0 Å². The molecule has 2 unspecified atom stereocenters. The lowest BCUT2D eigenvalue weighted by atomic mass is 9.99. The Morgan fingerprint density at radius 3 is 2.44 bits per heavy atom. The molecule has 88 valence electrons. The Hall–Kier alpha value is -0.490. The summed E-state index contributed by atoms with van der Waals surface area (Å²) >= 11 is 6.49. The number of hydrogen-bond acceptors (Lipinski definition) is 0. The molecule has 16 heavy (non-hydrogen) atoms. The summed E-state index contributed by atoms with van der Waals surface area (Å²) in [5.41, 5.74) is 4.59. The van der Waals surface area contributed by atoms with E-state index in [0.717, 1.165) is 6.42 Å². The Labute approximate surface area is 104 Å². The molecule has 1 aromatic rings. The molecule has 1 heteroatoms. The SMILES string of the molecule is Cc1ccc(CC(Cl)C2CC2(C)C)cc1C. The van der Waals surface area contributed by atoms with Gasteiger partial charge in [-0.05, 0) is 54.7 Å². The van der Waals surface area contributed by atoms with Crippen molar-refractivity contribution in [1.82, 2.24) is 0 Å². The van der Waals surface area contributed by atoms with Crippen LogP contribution < -0.4 is 0 Å². The van der Waals surface area contributed by atoms with Gasteiger partial charge in [-0.2, -0.15) is 0 Å². The van der Waals surface area contributed by atoms with Gasteiger partial charge in [-0.15, -0.1) is 11.6 Å². The van der Waals surface area contributed by atoms with Crippen LogP contribution >= 0.6 is 11.6 Å². The third kappa shape index (κ3) is 2.43. The number of hydrogen-bond donors (Lipinski definition) is 0. The standard InChI is InChI=1S/C15H21Cl/c1-10-5-6-12(7-11(10)2)8-14(16)13-9-15(13,3)4/h5-7,13-14H,8-9H2,1-4H3. The second-order valence-corrected chi connectivity index (χ2v) is 6.50. The molecule has 2 rings (SSSR count). The molecule has 1 saturated carbocycles. The zero-order valence-electron chi connectivity index (χ0n) is 10.7. The van der Waals surface area contributed by atoms with Gasteiger partial charge >= 0.3 is 0 Å². The first kappa shape index (κ1) is 12.0. The van der Waals surface area contributed by atoms with Gasteiger partial charge in [-0.3, -0.25) is 0 Å². The molecule has 1 aliphatic rings. The minimum atomic E-state index is 0.303. The van der Waals surface area contributed by atoms with E-state index < -0.39 is 0 Å². The van der Waals surface area contributed by atoms with Crippen LogP contribution in [0.4, 0.5) is 0 Å². The third-order valence-electron chi connectivity index (χ3n) is 4.03. The van der Waals surface area contributed by atoms with E-state index in [9.17, 15) is 0 Å². The second-order valence-electron chi connectivity index (χ2n) is 5.94. The summed E-state index contributed by atoms with van der Waals surface area (Å²) in [6.45, 7) is 8.95. The molecular weight excluding hydrogens is 216 g/mol. The van der Waals surface area contributed by atoms with Gasteiger partial charge < -0.3 is 0 Å². The minimum Gasteiger partial charge on any atom is -0.122 e. The van der Waals surface area contributed by atoms with Crippen LogP contribution in [0.5, 0.6) is 0 Å². The average Bonchev–Trinajstić information content (AvgIpc) is 2.82. The molecule has 0 spiro atoms. The highest BCUT2D eigenvalue weighted by molar-refractivity contribution is 6.21. The number of halogens is 1. The summed E-state index contributed by atoms with van der Waals surface area (Å²) in [6, 6.07) is 6.69.